The van der Waals surface area contributed by atoms with Gasteiger partial charge >= 0.3 is 0 Å². The minimum atomic E-state index is -0.273. The summed E-state index contributed by atoms with van der Waals surface area (Å²) in [6.07, 6.45) is 1.58. The molecule has 0 aliphatic heterocycles. The molecule has 5 nitrogen and oxygen atoms in total. The monoisotopic (exact) mass is 287 g/mol. The second-order valence-corrected chi connectivity index (χ2v) is 5.49. The Hall–Kier alpha value is -1.07. The van der Waals surface area contributed by atoms with Crippen LogP contribution < -0.4 is 10.9 Å². The van der Waals surface area contributed by atoms with Gasteiger partial charge in [0.2, 0.25) is 0 Å². The lowest BCUT2D eigenvalue weighted by atomic mass is 10.2. The Morgan fingerprint density at radius 3 is 2.68 bits per heavy atom. The van der Waals surface area contributed by atoms with Gasteiger partial charge in [-0.05, 0) is 19.8 Å². The predicted molar refractivity (Wildman–Crippen MR) is 78.0 cm³/mol. The molecule has 0 unspecified atom stereocenters. The molecule has 0 saturated heterocycles. The van der Waals surface area contributed by atoms with Crippen molar-refractivity contribution in [3.05, 3.63) is 21.6 Å². The lowest BCUT2D eigenvalue weighted by Crippen LogP contribution is -2.26. The highest BCUT2D eigenvalue weighted by molar-refractivity contribution is 6.32. The SMILES string of the molecule is CC(C)COCCNc1cnn(C(C)C)c(=O)c1Cl. The van der Waals surface area contributed by atoms with E-state index in [1.165, 1.54) is 4.68 Å². The predicted octanol–water partition coefficient (Wildman–Crippen LogP) is 2.56. The zero-order valence-corrected chi connectivity index (χ0v) is 12.7. The van der Waals surface area contributed by atoms with Gasteiger partial charge in [0.25, 0.3) is 5.56 Å². The van der Waals surface area contributed by atoms with Crippen LogP contribution in [-0.4, -0.2) is 29.5 Å². The highest BCUT2D eigenvalue weighted by Crippen LogP contribution is 2.15. The van der Waals surface area contributed by atoms with E-state index < -0.39 is 0 Å². The number of rotatable bonds is 7. The molecule has 0 atom stereocenters. The van der Waals surface area contributed by atoms with Crippen molar-refractivity contribution in [2.24, 2.45) is 5.92 Å². The normalized spacial score (nSPS) is 11.3. The molecule has 1 aromatic rings. The number of anilines is 1. The van der Waals surface area contributed by atoms with E-state index in [1.54, 1.807) is 6.20 Å². The third kappa shape index (κ3) is 4.84. The molecule has 0 bridgehead atoms. The Balaban J connectivity index is 2.56. The maximum absolute atomic E-state index is 11.9. The zero-order valence-electron chi connectivity index (χ0n) is 11.9. The molecule has 0 radical (unpaired) electrons. The van der Waals surface area contributed by atoms with Crippen molar-refractivity contribution in [1.29, 1.82) is 0 Å². The summed E-state index contributed by atoms with van der Waals surface area (Å²) in [5.41, 5.74) is 0.279. The summed E-state index contributed by atoms with van der Waals surface area (Å²) in [6.45, 7) is 9.86. The summed E-state index contributed by atoms with van der Waals surface area (Å²) in [7, 11) is 0. The maximum Gasteiger partial charge on any atom is 0.287 e. The first kappa shape index (κ1) is 16.0. The molecular weight excluding hydrogens is 266 g/mol. The van der Waals surface area contributed by atoms with E-state index in [-0.39, 0.29) is 16.6 Å². The van der Waals surface area contributed by atoms with E-state index in [2.05, 4.69) is 24.3 Å². The van der Waals surface area contributed by atoms with Gasteiger partial charge in [-0.3, -0.25) is 4.79 Å². The van der Waals surface area contributed by atoms with Crippen LogP contribution >= 0.6 is 11.6 Å². The van der Waals surface area contributed by atoms with Gasteiger partial charge in [0, 0.05) is 13.2 Å². The molecule has 1 N–H and O–H groups in total. The van der Waals surface area contributed by atoms with E-state index in [9.17, 15) is 4.79 Å². The molecule has 0 amide bonds. The average molecular weight is 288 g/mol. The largest absolute Gasteiger partial charge is 0.380 e. The van der Waals surface area contributed by atoms with Crippen LogP contribution in [0.5, 0.6) is 0 Å². The average Bonchev–Trinajstić information content (AvgIpc) is 2.33. The van der Waals surface area contributed by atoms with Crippen LogP contribution in [0.4, 0.5) is 5.69 Å². The van der Waals surface area contributed by atoms with Crippen molar-refractivity contribution in [2.45, 2.75) is 33.7 Å². The number of nitrogens with one attached hydrogen (secondary N) is 1. The molecular formula is C13H22ClN3O2. The molecule has 1 aromatic heterocycles. The lowest BCUT2D eigenvalue weighted by molar-refractivity contribution is 0.118. The Morgan fingerprint density at radius 2 is 2.11 bits per heavy atom. The number of halogens is 1. The fraction of sp³-hybridized carbons (Fsp3) is 0.692. The summed E-state index contributed by atoms with van der Waals surface area (Å²) in [6, 6.07) is -0.00609. The smallest absolute Gasteiger partial charge is 0.287 e. The molecule has 0 fully saturated rings. The van der Waals surface area contributed by atoms with Gasteiger partial charge < -0.3 is 10.1 Å². The van der Waals surface area contributed by atoms with Crippen LogP contribution in [0.1, 0.15) is 33.7 Å². The van der Waals surface area contributed by atoms with Crippen molar-refractivity contribution >= 4 is 17.3 Å². The first-order valence-electron chi connectivity index (χ1n) is 6.52. The maximum atomic E-state index is 11.9. The van der Waals surface area contributed by atoms with Crippen LogP contribution in [-0.2, 0) is 4.74 Å². The van der Waals surface area contributed by atoms with Crippen molar-refractivity contribution in [3.8, 4) is 0 Å². The minimum Gasteiger partial charge on any atom is -0.380 e. The first-order chi connectivity index (χ1) is 8.93. The Morgan fingerprint density at radius 1 is 1.42 bits per heavy atom. The van der Waals surface area contributed by atoms with Crippen molar-refractivity contribution in [3.63, 3.8) is 0 Å². The number of ether oxygens (including phenoxy) is 1. The van der Waals surface area contributed by atoms with Gasteiger partial charge in [0.05, 0.1) is 24.5 Å². The third-order valence-electron chi connectivity index (χ3n) is 2.45. The molecule has 108 valence electrons. The van der Waals surface area contributed by atoms with E-state index in [0.717, 1.165) is 6.61 Å². The van der Waals surface area contributed by atoms with Crippen LogP contribution in [0, 0.1) is 5.92 Å². The van der Waals surface area contributed by atoms with E-state index in [0.29, 0.717) is 24.8 Å². The summed E-state index contributed by atoms with van der Waals surface area (Å²) in [4.78, 5) is 11.9. The van der Waals surface area contributed by atoms with Gasteiger partial charge in [0.1, 0.15) is 5.02 Å². The summed E-state index contributed by atoms with van der Waals surface area (Å²) < 4.78 is 6.80. The van der Waals surface area contributed by atoms with Gasteiger partial charge in [-0.15, -0.1) is 0 Å². The molecule has 0 aliphatic carbocycles. The van der Waals surface area contributed by atoms with Gasteiger partial charge in [-0.25, -0.2) is 4.68 Å². The second-order valence-electron chi connectivity index (χ2n) is 5.11. The number of aromatic nitrogens is 2. The Bertz CT molecular complexity index is 458. The van der Waals surface area contributed by atoms with Crippen molar-refractivity contribution in [1.82, 2.24) is 9.78 Å². The number of hydrogen-bond acceptors (Lipinski definition) is 4. The summed E-state index contributed by atoms with van der Waals surface area (Å²) in [5.74, 6) is 0.514. The highest BCUT2D eigenvalue weighted by Gasteiger charge is 2.10. The molecule has 0 saturated carbocycles. The fourth-order valence-corrected chi connectivity index (χ4v) is 1.72. The first-order valence-corrected chi connectivity index (χ1v) is 6.90. The van der Waals surface area contributed by atoms with Crippen LogP contribution in [0.25, 0.3) is 0 Å². The second kappa shape index (κ2) is 7.50. The van der Waals surface area contributed by atoms with E-state index >= 15 is 0 Å². The van der Waals surface area contributed by atoms with Crippen LogP contribution in [0.3, 0.4) is 0 Å². The van der Waals surface area contributed by atoms with Gasteiger partial charge in [-0.2, -0.15) is 5.10 Å². The summed E-state index contributed by atoms with van der Waals surface area (Å²) in [5, 5.41) is 7.32. The number of nitrogens with zero attached hydrogens (tertiary/aromatic N) is 2. The van der Waals surface area contributed by atoms with Crippen LogP contribution in [0.15, 0.2) is 11.0 Å². The van der Waals surface area contributed by atoms with E-state index in [4.69, 9.17) is 16.3 Å². The molecule has 1 heterocycles. The lowest BCUT2D eigenvalue weighted by Gasteiger charge is -2.12. The molecule has 0 aromatic carbocycles. The minimum absolute atomic E-state index is 0.00609. The molecule has 1 rings (SSSR count). The molecule has 0 spiro atoms. The van der Waals surface area contributed by atoms with Gasteiger partial charge in [-0.1, -0.05) is 25.4 Å². The van der Waals surface area contributed by atoms with E-state index in [1.807, 2.05) is 13.8 Å². The Kier molecular flexibility index (Phi) is 6.31. The van der Waals surface area contributed by atoms with Crippen molar-refractivity contribution < 1.29 is 4.74 Å². The third-order valence-corrected chi connectivity index (χ3v) is 2.81. The Labute approximate surface area is 118 Å². The quantitative estimate of drug-likeness (QED) is 0.783. The van der Waals surface area contributed by atoms with Crippen molar-refractivity contribution in [2.75, 3.05) is 25.1 Å². The zero-order chi connectivity index (χ0) is 14.4. The standard InChI is InChI=1S/C13H22ClN3O2/c1-9(2)8-19-6-5-15-11-7-16-17(10(3)4)13(18)12(11)14/h7,9-10,15H,5-6,8H2,1-4H3. The van der Waals surface area contributed by atoms with Crippen LogP contribution in [0.2, 0.25) is 5.02 Å². The topological polar surface area (TPSA) is 56.1 Å². The fourth-order valence-electron chi connectivity index (χ4n) is 1.51. The number of hydrogen-bond donors (Lipinski definition) is 1. The molecule has 6 heteroatoms. The molecule has 0 aliphatic rings. The summed E-state index contributed by atoms with van der Waals surface area (Å²) >= 11 is 6.03. The van der Waals surface area contributed by atoms with Gasteiger partial charge in [0.15, 0.2) is 0 Å². The highest BCUT2D eigenvalue weighted by atomic mass is 35.5. The molecule has 19 heavy (non-hydrogen) atoms.